The van der Waals surface area contributed by atoms with Crippen LogP contribution in [0, 0.1) is 0 Å². The van der Waals surface area contributed by atoms with Gasteiger partial charge in [-0.05, 0) is 30.3 Å². The minimum atomic E-state index is -4.97. The second-order valence-electron chi connectivity index (χ2n) is 4.43. The van der Waals surface area contributed by atoms with Gasteiger partial charge < -0.3 is 10.2 Å². The van der Waals surface area contributed by atoms with Crippen molar-refractivity contribution in [1.82, 2.24) is 0 Å². The quantitative estimate of drug-likeness (QED) is 0.569. The van der Waals surface area contributed by atoms with E-state index in [1.54, 1.807) is 0 Å². The number of hydrogen-bond acceptors (Lipinski definition) is 3. The second kappa shape index (κ2) is 5.88. The van der Waals surface area contributed by atoms with Gasteiger partial charge in [0.15, 0.2) is 11.5 Å². The molecule has 2 N–H and O–H groups in total. The van der Waals surface area contributed by atoms with Crippen molar-refractivity contribution in [3.63, 3.8) is 0 Å². The number of phenolic OH excluding ortho intramolecular Hbond substituents is 2. The van der Waals surface area contributed by atoms with E-state index in [4.69, 9.17) is 5.11 Å². The van der Waals surface area contributed by atoms with Crippen molar-refractivity contribution >= 4 is 11.8 Å². The summed E-state index contributed by atoms with van der Waals surface area (Å²) in [5.41, 5.74) is -2.85. The molecule has 0 radical (unpaired) electrons. The zero-order valence-corrected chi connectivity index (χ0v) is 11.9. The minimum absolute atomic E-state index is 0.0810. The van der Waals surface area contributed by atoms with Gasteiger partial charge in [-0.1, -0.05) is 17.8 Å². The van der Waals surface area contributed by atoms with Gasteiger partial charge in [0.2, 0.25) is 0 Å². The SMILES string of the molecule is Oc1ccc(Sc2c(C(F)(F)F)cccc2C(F)(F)F)cc1O. The van der Waals surface area contributed by atoms with Crippen LogP contribution < -0.4 is 0 Å². The van der Waals surface area contributed by atoms with Crippen molar-refractivity contribution in [2.75, 3.05) is 0 Å². The molecule has 0 saturated carbocycles. The first kappa shape index (κ1) is 17.3. The van der Waals surface area contributed by atoms with Crippen molar-refractivity contribution in [2.24, 2.45) is 0 Å². The summed E-state index contributed by atoms with van der Waals surface area (Å²) in [7, 11) is 0. The average molecular weight is 354 g/mol. The van der Waals surface area contributed by atoms with E-state index < -0.39 is 39.9 Å². The summed E-state index contributed by atoms with van der Waals surface area (Å²) < 4.78 is 78.0. The number of halogens is 6. The predicted molar refractivity (Wildman–Crippen MR) is 70.3 cm³/mol. The van der Waals surface area contributed by atoms with Gasteiger partial charge in [-0.3, -0.25) is 0 Å². The number of hydrogen-bond donors (Lipinski definition) is 2. The smallest absolute Gasteiger partial charge is 0.417 e. The third-order valence-corrected chi connectivity index (χ3v) is 3.93. The highest BCUT2D eigenvalue weighted by atomic mass is 32.2. The molecule has 23 heavy (non-hydrogen) atoms. The first-order chi connectivity index (χ1) is 10.5. The van der Waals surface area contributed by atoms with Gasteiger partial charge in [0.05, 0.1) is 11.1 Å². The molecule has 2 rings (SSSR count). The highest BCUT2D eigenvalue weighted by Gasteiger charge is 2.40. The Labute approximate surface area is 130 Å². The summed E-state index contributed by atoms with van der Waals surface area (Å²) in [5, 5.41) is 18.5. The molecule has 0 aliphatic carbocycles. The van der Waals surface area contributed by atoms with Crippen LogP contribution in [0.25, 0.3) is 0 Å². The molecule has 0 aliphatic heterocycles. The molecular formula is C14H8F6O2S. The molecule has 2 nitrogen and oxygen atoms in total. The molecule has 2 aromatic carbocycles. The maximum atomic E-state index is 13.0. The molecule has 0 bridgehead atoms. The lowest BCUT2D eigenvalue weighted by atomic mass is 10.1. The molecule has 9 heteroatoms. The molecule has 0 spiro atoms. The maximum absolute atomic E-state index is 13.0. The fraction of sp³-hybridized carbons (Fsp3) is 0.143. The molecule has 0 saturated heterocycles. The van der Waals surface area contributed by atoms with Crippen LogP contribution in [0.5, 0.6) is 11.5 Å². The molecule has 0 aliphatic rings. The minimum Gasteiger partial charge on any atom is -0.504 e. The number of alkyl halides is 6. The fourth-order valence-electron chi connectivity index (χ4n) is 1.78. The van der Waals surface area contributed by atoms with Crippen molar-refractivity contribution in [1.29, 1.82) is 0 Å². The largest absolute Gasteiger partial charge is 0.504 e. The van der Waals surface area contributed by atoms with E-state index in [2.05, 4.69) is 0 Å². The molecule has 124 valence electrons. The normalized spacial score (nSPS) is 12.4. The van der Waals surface area contributed by atoms with E-state index in [1.807, 2.05) is 0 Å². The van der Waals surface area contributed by atoms with Crippen molar-refractivity contribution in [3.05, 3.63) is 47.5 Å². The number of rotatable bonds is 2. The summed E-state index contributed by atoms with van der Waals surface area (Å²) in [6.45, 7) is 0. The van der Waals surface area contributed by atoms with E-state index in [0.29, 0.717) is 18.2 Å². The zero-order chi connectivity index (χ0) is 17.4. The zero-order valence-electron chi connectivity index (χ0n) is 11.0. The van der Waals surface area contributed by atoms with Crippen LogP contribution in [0.3, 0.4) is 0 Å². The lowest BCUT2D eigenvalue weighted by Crippen LogP contribution is -2.13. The van der Waals surface area contributed by atoms with Crippen LogP contribution in [0.4, 0.5) is 26.3 Å². The molecule has 0 unspecified atom stereocenters. The number of benzene rings is 2. The Morgan fingerprint density at radius 3 is 1.70 bits per heavy atom. The molecular weight excluding hydrogens is 346 g/mol. The molecule has 0 amide bonds. The molecule has 0 fully saturated rings. The molecule has 0 atom stereocenters. The first-order valence-corrected chi connectivity index (χ1v) is 6.79. The Morgan fingerprint density at radius 1 is 0.739 bits per heavy atom. The van der Waals surface area contributed by atoms with Crippen LogP contribution in [-0.2, 0) is 12.4 Å². The maximum Gasteiger partial charge on any atom is 0.417 e. The van der Waals surface area contributed by atoms with Crippen LogP contribution >= 0.6 is 11.8 Å². The molecule has 2 aromatic rings. The van der Waals surface area contributed by atoms with Crippen LogP contribution in [0.15, 0.2) is 46.2 Å². The van der Waals surface area contributed by atoms with Gasteiger partial charge in [-0.15, -0.1) is 0 Å². The number of phenols is 2. The lowest BCUT2D eigenvalue weighted by molar-refractivity contribution is -0.147. The van der Waals surface area contributed by atoms with Gasteiger partial charge in [0.25, 0.3) is 0 Å². The topological polar surface area (TPSA) is 40.5 Å². The summed E-state index contributed by atoms with van der Waals surface area (Å²) >= 11 is 0.206. The van der Waals surface area contributed by atoms with E-state index in [1.165, 1.54) is 0 Å². The highest BCUT2D eigenvalue weighted by Crippen LogP contribution is 2.46. The lowest BCUT2D eigenvalue weighted by Gasteiger charge is -2.18. The van der Waals surface area contributed by atoms with Gasteiger partial charge in [0.1, 0.15) is 0 Å². The summed E-state index contributed by atoms with van der Waals surface area (Å²) in [5.74, 6) is -1.18. The first-order valence-electron chi connectivity index (χ1n) is 5.97. The van der Waals surface area contributed by atoms with Gasteiger partial charge in [-0.2, -0.15) is 26.3 Å². The van der Waals surface area contributed by atoms with Crippen molar-refractivity contribution in [3.8, 4) is 11.5 Å². The summed E-state index contributed by atoms with van der Waals surface area (Å²) in [6.07, 6.45) is -9.94. The third kappa shape index (κ3) is 3.84. The Bertz CT molecular complexity index is 692. The summed E-state index contributed by atoms with van der Waals surface area (Å²) in [6, 6.07) is 4.75. The van der Waals surface area contributed by atoms with Gasteiger partial charge in [-0.25, -0.2) is 0 Å². The van der Waals surface area contributed by atoms with Crippen LogP contribution in [0.1, 0.15) is 11.1 Å². The van der Waals surface area contributed by atoms with E-state index in [9.17, 15) is 31.4 Å². The van der Waals surface area contributed by atoms with E-state index in [0.717, 1.165) is 18.2 Å². The predicted octanol–water partition coefficient (Wildman–Crippen LogP) is 5.29. The fourth-order valence-corrected chi connectivity index (χ4v) is 2.91. The number of aromatic hydroxyl groups is 2. The molecule has 0 heterocycles. The Hall–Kier alpha value is -2.03. The molecule has 0 aromatic heterocycles. The van der Waals surface area contributed by atoms with Crippen molar-refractivity contribution < 1.29 is 36.6 Å². The van der Waals surface area contributed by atoms with E-state index >= 15 is 0 Å². The average Bonchev–Trinajstić information content (AvgIpc) is 2.40. The van der Waals surface area contributed by atoms with Gasteiger partial charge in [0, 0.05) is 9.79 Å². The van der Waals surface area contributed by atoms with Crippen LogP contribution in [0.2, 0.25) is 0 Å². The Balaban J connectivity index is 2.60. The van der Waals surface area contributed by atoms with Gasteiger partial charge >= 0.3 is 12.4 Å². The summed E-state index contributed by atoms with van der Waals surface area (Å²) in [4.78, 5) is -1.10. The van der Waals surface area contributed by atoms with E-state index in [-0.39, 0.29) is 16.7 Å². The Morgan fingerprint density at radius 2 is 1.26 bits per heavy atom. The van der Waals surface area contributed by atoms with Crippen LogP contribution in [-0.4, -0.2) is 10.2 Å². The standard InChI is InChI=1S/C14H8F6O2S/c15-13(16,17)8-2-1-3-9(14(18,19)20)12(8)23-7-4-5-10(21)11(22)6-7/h1-6,21-22H. The third-order valence-electron chi connectivity index (χ3n) is 2.79. The van der Waals surface area contributed by atoms with Crippen molar-refractivity contribution in [2.45, 2.75) is 22.1 Å². The Kier molecular flexibility index (Phi) is 4.43. The highest BCUT2D eigenvalue weighted by molar-refractivity contribution is 7.99. The monoisotopic (exact) mass is 354 g/mol. The second-order valence-corrected chi connectivity index (χ2v) is 5.51.